The molecule has 0 aliphatic carbocycles. The van der Waals surface area contributed by atoms with E-state index in [1.165, 1.54) is 18.4 Å². The second kappa shape index (κ2) is 9.13. The number of carbonyl (C=O) groups excluding carboxylic acids is 2. The van der Waals surface area contributed by atoms with Crippen LogP contribution in [-0.4, -0.2) is 36.2 Å². The van der Waals surface area contributed by atoms with Gasteiger partial charge in [-0.2, -0.15) is 0 Å². The fraction of sp³-hybridized carbons (Fsp3) is 0.462. The Morgan fingerprint density at radius 1 is 1.23 bits per heavy atom. The third-order valence-corrected chi connectivity index (χ3v) is 6.93. The summed E-state index contributed by atoms with van der Waals surface area (Å²) in [4.78, 5) is 27.4. The Bertz CT molecular complexity index is 971. The standard InChI is InChI=1S/C26H31ClN2O2/c1-26(2)16-24(31)28-25-21(26)14-20(15-22(25)27)23(30)10-12-29-11-6-9-19(17-29)13-18-7-4-3-5-8-18/h3-5,7-8,14-15,19H,6,9-13,16-17H2,1-2H3,(H,28,31)/t19-/m1/s1. The zero-order valence-electron chi connectivity index (χ0n) is 18.4. The van der Waals surface area contributed by atoms with E-state index in [-0.39, 0.29) is 17.1 Å². The van der Waals surface area contributed by atoms with Gasteiger partial charge in [0, 0.05) is 36.9 Å². The normalized spacial score (nSPS) is 20.7. The van der Waals surface area contributed by atoms with Gasteiger partial charge in [0.2, 0.25) is 5.91 Å². The highest BCUT2D eigenvalue weighted by atomic mass is 35.5. The predicted octanol–water partition coefficient (Wildman–Crippen LogP) is 5.49. The highest BCUT2D eigenvalue weighted by Gasteiger charge is 2.34. The largest absolute Gasteiger partial charge is 0.324 e. The summed E-state index contributed by atoms with van der Waals surface area (Å²) in [6.45, 7) is 6.93. The Labute approximate surface area is 190 Å². The third-order valence-electron chi connectivity index (χ3n) is 6.63. The molecule has 5 heteroatoms. The molecular weight excluding hydrogens is 408 g/mol. The van der Waals surface area contributed by atoms with Crippen LogP contribution >= 0.6 is 11.6 Å². The summed E-state index contributed by atoms with van der Waals surface area (Å²) in [6.07, 6.45) is 4.42. The highest BCUT2D eigenvalue weighted by molar-refractivity contribution is 6.34. The molecule has 2 aromatic carbocycles. The summed E-state index contributed by atoms with van der Waals surface area (Å²) in [6, 6.07) is 14.3. The summed E-state index contributed by atoms with van der Waals surface area (Å²) >= 11 is 6.45. The molecular formula is C26H31ClN2O2. The maximum absolute atomic E-state index is 13.0. The highest BCUT2D eigenvalue weighted by Crippen LogP contribution is 2.41. The van der Waals surface area contributed by atoms with Crippen LogP contribution < -0.4 is 5.32 Å². The van der Waals surface area contributed by atoms with Crippen molar-refractivity contribution in [1.82, 2.24) is 4.90 Å². The molecule has 1 amide bonds. The van der Waals surface area contributed by atoms with Crippen LogP contribution in [0.4, 0.5) is 5.69 Å². The van der Waals surface area contributed by atoms with Crippen LogP contribution in [-0.2, 0) is 16.6 Å². The van der Waals surface area contributed by atoms with Gasteiger partial charge in [-0.1, -0.05) is 55.8 Å². The lowest BCUT2D eigenvalue weighted by atomic mass is 9.77. The number of likely N-dealkylation sites (tertiary alicyclic amines) is 1. The van der Waals surface area contributed by atoms with Crippen molar-refractivity contribution in [3.05, 3.63) is 64.2 Å². The summed E-state index contributed by atoms with van der Waals surface area (Å²) in [7, 11) is 0. The number of benzene rings is 2. The number of fused-ring (bicyclic) bond motifs is 1. The molecule has 0 radical (unpaired) electrons. The molecule has 2 aromatic rings. The molecule has 0 aromatic heterocycles. The molecule has 2 aliphatic heterocycles. The van der Waals surface area contributed by atoms with Crippen molar-refractivity contribution in [3.63, 3.8) is 0 Å². The molecule has 1 saturated heterocycles. The lowest BCUT2D eigenvalue weighted by Gasteiger charge is -2.33. The minimum Gasteiger partial charge on any atom is -0.324 e. The number of Topliss-reactive ketones (excluding diaryl/α,β-unsaturated/α-hetero) is 1. The van der Waals surface area contributed by atoms with Gasteiger partial charge in [-0.3, -0.25) is 9.59 Å². The van der Waals surface area contributed by atoms with Crippen LogP contribution in [0.25, 0.3) is 0 Å². The maximum atomic E-state index is 13.0. The first kappa shape index (κ1) is 22.0. The van der Waals surface area contributed by atoms with Gasteiger partial charge < -0.3 is 10.2 Å². The van der Waals surface area contributed by atoms with Crippen LogP contribution in [0.2, 0.25) is 5.02 Å². The minimum absolute atomic E-state index is 0.0337. The summed E-state index contributed by atoms with van der Waals surface area (Å²) in [5.74, 6) is 0.727. The Morgan fingerprint density at radius 3 is 2.77 bits per heavy atom. The summed E-state index contributed by atoms with van der Waals surface area (Å²) in [5, 5.41) is 3.32. The lowest BCUT2D eigenvalue weighted by Crippen LogP contribution is -2.37. The number of piperidine rings is 1. The van der Waals surface area contributed by atoms with Crippen molar-refractivity contribution in [2.75, 3.05) is 25.0 Å². The van der Waals surface area contributed by atoms with Gasteiger partial charge in [-0.25, -0.2) is 0 Å². The summed E-state index contributed by atoms with van der Waals surface area (Å²) < 4.78 is 0. The van der Waals surface area contributed by atoms with Gasteiger partial charge in [0.05, 0.1) is 10.7 Å². The SMILES string of the molecule is CC1(C)CC(=O)Nc2c(Cl)cc(C(=O)CCN3CCC[C@H](Cc4ccccc4)C3)cc21. The van der Waals surface area contributed by atoms with Crippen molar-refractivity contribution >= 4 is 29.0 Å². The van der Waals surface area contributed by atoms with E-state index in [2.05, 4.69) is 40.5 Å². The van der Waals surface area contributed by atoms with Crippen LogP contribution in [0.15, 0.2) is 42.5 Å². The number of hydrogen-bond donors (Lipinski definition) is 1. The summed E-state index contributed by atoms with van der Waals surface area (Å²) in [5.41, 5.74) is 3.30. The van der Waals surface area contributed by atoms with E-state index >= 15 is 0 Å². The predicted molar refractivity (Wildman–Crippen MR) is 126 cm³/mol. The van der Waals surface area contributed by atoms with E-state index in [0.717, 1.165) is 31.6 Å². The van der Waals surface area contributed by atoms with E-state index in [4.69, 9.17) is 11.6 Å². The first-order valence-electron chi connectivity index (χ1n) is 11.3. The van der Waals surface area contributed by atoms with Gasteiger partial charge in [0.25, 0.3) is 0 Å². The molecule has 4 rings (SSSR count). The first-order chi connectivity index (χ1) is 14.8. The van der Waals surface area contributed by atoms with Crippen LogP contribution in [0.3, 0.4) is 0 Å². The van der Waals surface area contributed by atoms with E-state index in [9.17, 15) is 9.59 Å². The molecule has 1 atom stereocenters. The van der Waals surface area contributed by atoms with Crippen molar-refractivity contribution in [3.8, 4) is 0 Å². The average molecular weight is 439 g/mol. The van der Waals surface area contributed by atoms with Crippen LogP contribution in [0.5, 0.6) is 0 Å². The van der Waals surface area contributed by atoms with Gasteiger partial charge in [0.1, 0.15) is 0 Å². The molecule has 0 saturated carbocycles. The van der Waals surface area contributed by atoms with Gasteiger partial charge in [-0.15, -0.1) is 0 Å². The smallest absolute Gasteiger partial charge is 0.225 e. The van der Waals surface area contributed by atoms with E-state index in [1.807, 2.05) is 19.9 Å². The van der Waals surface area contributed by atoms with Crippen molar-refractivity contribution in [2.45, 2.75) is 51.4 Å². The zero-order chi connectivity index (χ0) is 22.0. The number of carbonyl (C=O) groups is 2. The van der Waals surface area contributed by atoms with Crippen LogP contribution in [0, 0.1) is 5.92 Å². The molecule has 1 fully saturated rings. The Morgan fingerprint density at radius 2 is 2.00 bits per heavy atom. The van der Waals surface area contributed by atoms with E-state index in [0.29, 0.717) is 35.0 Å². The number of hydrogen-bond acceptors (Lipinski definition) is 3. The van der Waals surface area contributed by atoms with Crippen molar-refractivity contribution in [2.24, 2.45) is 5.92 Å². The monoisotopic (exact) mass is 438 g/mol. The molecule has 2 heterocycles. The molecule has 1 N–H and O–H groups in total. The fourth-order valence-corrected chi connectivity index (χ4v) is 5.25. The number of anilines is 1. The number of nitrogens with zero attached hydrogens (tertiary/aromatic N) is 1. The molecule has 0 spiro atoms. The van der Waals surface area contributed by atoms with Crippen LogP contribution in [0.1, 0.15) is 61.0 Å². The Balaban J connectivity index is 1.39. The molecule has 2 aliphatic rings. The minimum atomic E-state index is -0.338. The third kappa shape index (κ3) is 5.19. The second-order valence-corrected chi connectivity index (χ2v) is 10.1. The molecule has 31 heavy (non-hydrogen) atoms. The second-order valence-electron chi connectivity index (χ2n) is 9.66. The topological polar surface area (TPSA) is 49.4 Å². The zero-order valence-corrected chi connectivity index (χ0v) is 19.2. The van der Waals surface area contributed by atoms with Gasteiger partial charge in [0.15, 0.2) is 5.78 Å². The molecule has 0 bridgehead atoms. The number of rotatable bonds is 6. The van der Waals surface area contributed by atoms with Crippen molar-refractivity contribution in [1.29, 1.82) is 0 Å². The quantitative estimate of drug-likeness (QED) is 0.607. The Kier molecular flexibility index (Phi) is 6.49. The molecule has 0 unspecified atom stereocenters. The average Bonchev–Trinajstić information content (AvgIpc) is 2.73. The van der Waals surface area contributed by atoms with E-state index in [1.54, 1.807) is 6.07 Å². The van der Waals surface area contributed by atoms with Gasteiger partial charge in [-0.05, 0) is 55.0 Å². The number of halogens is 1. The molecule has 4 nitrogen and oxygen atoms in total. The van der Waals surface area contributed by atoms with Gasteiger partial charge >= 0.3 is 0 Å². The number of amides is 1. The molecule has 164 valence electrons. The van der Waals surface area contributed by atoms with E-state index < -0.39 is 0 Å². The number of nitrogens with one attached hydrogen (secondary N) is 1. The fourth-order valence-electron chi connectivity index (χ4n) is 4.98. The lowest BCUT2D eigenvalue weighted by molar-refractivity contribution is -0.117. The first-order valence-corrected chi connectivity index (χ1v) is 11.6. The number of ketones is 1. The van der Waals surface area contributed by atoms with Crippen molar-refractivity contribution < 1.29 is 9.59 Å². The Hall–Kier alpha value is -2.17. The maximum Gasteiger partial charge on any atom is 0.225 e.